The van der Waals surface area contributed by atoms with Crippen LogP contribution >= 0.6 is 15.6 Å². The van der Waals surface area contributed by atoms with Crippen molar-refractivity contribution in [2.45, 2.75) is 452 Å². The largest absolute Gasteiger partial charge is 0.472 e. The lowest BCUT2D eigenvalue weighted by Crippen LogP contribution is -2.30. The van der Waals surface area contributed by atoms with Gasteiger partial charge in [-0.15, -0.1) is 0 Å². The quantitative estimate of drug-likeness (QED) is 0.0222. The number of rotatable bonds is 81. The second-order valence-electron chi connectivity index (χ2n) is 30.5. The molecule has 0 aromatic carbocycles. The molecule has 17 nitrogen and oxygen atoms in total. The van der Waals surface area contributed by atoms with Crippen LogP contribution in [0.2, 0.25) is 0 Å². The number of hydrogen-bond donors (Lipinski definition) is 3. The fourth-order valence-corrected chi connectivity index (χ4v) is 14.3. The highest BCUT2D eigenvalue weighted by molar-refractivity contribution is 7.47. The number of phosphoric acid groups is 2. The molecule has 0 bridgehead atoms. The summed E-state index contributed by atoms with van der Waals surface area (Å²) in [5.74, 6) is -0.550. The van der Waals surface area contributed by atoms with E-state index in [1.54, 1.807) is 0 Å². The highest BCUT2D eigenvalue weighted by Gasteiger charge is 2.30. The van der Waals surface area contributed by atoms with Crippen molar-refractivity contribution in [3.05, 3.63) is 0 Å². The fourth-order valence-electron chi connectivity index (χ4n) is 12.7. The second kappa shape index (κ2) is 73.6. The van der Waals surface area contributed by atoms with Crippen LogP contribution in [0.4, 0.5) is 0 Å². The molecule has 0 aromatic rings. The second-order valence-corrected chi connectivity index (χ2v) is 33.4. The van der Waals surface area contributed by atoms with Crippen molar-refractivity contribution in [3.8, 4) is 0 Å². The highest BCUT2D eigenvalue weighted by atomic mass is 31.2. The van der Waals surface area contributed by atoms with Crippen LogP contribution < -0.4 is 0 Å². The van der Waals surface area contributed by atoms with Gasteiger partial charge in [0.2, 0.25) is 0 Å². The Labute approximate surface area is 619 Å². The molecule has 0 amide bonds. The van der Waals surface area contributed by atoms with Crippen molar-refractivity contribution in [2.75, 3.05) is 39.6 Å². The van der Waals surface area contributed by atoms with Gasteiger partial charge in [0.05, 0.1) is 26.4 Å². The molecule has 101 heavy (non-hydrogen) atoms. The molecule has 0 saturated heterocycles. The third kappa shape index (κ3) is 76.1. The lowest BCUT2D eigenvalue weighted by molar-refractivity contribution is -0.161. The first kappa shape index (κ1) is 99.1. The Kier molecular flexibility index (Phi) is 72.2. The van der Waals surface area contributed by atoms with Gasteiger partial charge in [-0.05, 0) is 37.5 Å². The number of esters is 4. The first-order valence-corrected chi connectivity index (χ1v) is 45.5. The molecule has 3 N–H and O–H groups in total. The SMILES string of the molecule is CCCCCCCCCCCCCCCCCCCC(=O)OC[C@H](COP(=O)(O)OC[C@@H](O)COP(=O)(O)OC[C@@H](COC(=O)CCCCCCCCCCCCC)OC(=O)CCCCCCCCCCCC(C)C)OC(=O)CCCCCCCCCCCCCCCCCCCCC(C)C. The first-order valence-electron chi connectivity index (χ1n) is 42.5. The minimum atomic E-state index is -4.96. The number of aliphatic hydroxyl groups excluding tert-OH is 1. The standard InChI is InChI=1S/C82H160O17P2/c1-7-9-11-13-15-17-19-20-21-24-28-31-35-41-47-53-59-65-80(85)93-70-77(98-81(86)66-60-54-48-42-36-32-29-26-23-22-25-27-30-34-38-44-50-56-62-74(3)4)72-96-100(88,89)94-68-76(83)69-95-101(90,91)97-73-78(71-92-79(84)64-58-52-46-40-33-18-16-14-12-10-8-2)99-82(87)67-61-55-49-43-37-39-45-51-57-63-75(5)6/h74-78,83H,7-73H2,1-6H3,(H,88,89)(H,90,91)/t76-,77-,78-/m1/s1. The summed E-state index contributed by atoms with van der Waals surface area (Å²) in [5, 5.41) is 10.6. The molecule has 0 rings (SSSR count). The average Bonchev–Trinajstić information content (AvgIpc) is 0.954. The summed E-state index contributed by atoms with van der Waals surface area (Å²) < 4.78 is 68.7. The Morgan fingerprint density at radius 2 is 0.455 bits per heavy atom. The summed E-state index contributed by atoms with van der Waals surface area (Å²) in [6.07, 6.45) is 63.9. The van der Waals surface area contributed by atoms with E-state index in [0.717, 1.165) is 102 Å². The molecule has 0 fully saturated rings. The third-order valence-electron chi connectivity index (χ3n) is 19.2. The molecule has 5 atom stereocenters. The van der Waals surface area contributed by atoms with Crippen molar-refractivity contribution >= 4 is 39.5 Å². The summed E-state index contributed by atoms with van der Waals surface area (Å²) in [7, 11) is -9.92. The lowest BCUT2D eigenvalue weighted by atomic mass is 10.0. The maximum absolute atomic E-state index is 13.1. The van der Waals surface area contributed by atoms with E-state index in [1.165, 1.54) is 250 Å². The summed E-state index contributed by atoms with van der Waals surface area (Å²) >= 11 is 0. The van der Waals surface area contributed by atoms with Crippen molar-refractivity contribution in [1.82, 2.24) is 0 Å². The third-order valence-corrected chi connectivity index (χ3v) is 21.1. The zero-order valence-electron chi connectivity index (χ0n) is 66.2. The van der Waals surface area contributed by atoms with Gasteiger partial charge in [0.1, 0.15) is 19.3 Å². The van der Waals surface area contributed by atoms with Gasteiger partial charge in [0.15, 0.2) is 12.2 Å². The number of unbranched alkanes of at least 4 members (excludes halogenated alkanes) is 51. The summed E-state index contributed by atoms with van der Waals surface area (Å²) in [5.41, 5.74) is 0. The highest BCUT2D eigenvalue weighted by Crippen LogP contribution is 2.45. The average molecular weight is 1480 g/mol. The minimum Gasteiger partial charge on any atom is -0.462 e. The lowest BCUT2D eigenvalue weighted by Gasteiger charge is -2.21. The van der Waals surface area contributed by atoms with Gasteiger partial charge < -0.3 is 33.8 Å². The molecule has 0 aliphatic carbocycles. The van der Waals surface area contributed by atoms with Gasteiger partial charge in [-0.2, -0.15) is 0 Å². The van der Waals surface area contributed by atoms with E-state index in [4.69, 9.17) is 37.0 Å². The maximum atomic E-state index is 13.1. The van der Waals surface area contributed by atoms with Gasteiger partial charge in [-0.3, -0.25) is 37.3 Å². The fraction of sp³-hybridized carbons (Fsp3) is 0.951. The monoisotopic (exact) mass is 1480 g/mol. The van der Waals surface area contributed by atoms with E-state index in [-0.39, 0.29) is 25.7 Å². The number of aliphatic hydroxyl groups is 1. The van der Waals surface area contributed by atoms with Crippen molar-refractivity contribution in [3.63, 3.8) is 0 Å². The van der Waals surface area contributed by atoms with Crippen LogP contribution in [0.15, 0.2) is 0 Å². The molecule has 0 spiro atoms. The van der Waals surface area contributed by atoms with Crippen LogP contribution in [0.5, 0.6) is 0 Å². The Morgan fingerprint density at radius 3 is 0.673 bits per heavy atom. The van der Waals surface area contributed by atoms with Crippen LogP contribution in [0.25, 0.3) is 0 Å². The predicted octanol–water partition coefficient (Wildman–Crippen LogP) is 24.7. The molecule has 19 heteroatoms. The Bertz CT molecular complexity index is 1940. The topological polar surface area (TPSA) is 237 Å². The van der Waals surface area contributed by atoms with Crippen LogP contribution in [-0.2, 0) is 65.4 Å². The van der Waals surface area contributed by atoms with Gasteiger partial charge in [-0.1, -0.05) is 382 Å². The minimum absolute atomic E-state index is 0.106. The molecule has 2 unspecified atom stereocenters. The Balaban J connectivity index is 5.22. The molecule has 0 radical (unpaired) electrons. The van der Waals surface area contributed by atoms with Gasteiger partial charge in [0, 0.05) is 25.7 Å². The number of carbonyl (C=O) groups excluding carboxylic acids is 4. The molecule has 0 aromatic heterocycles. The van der Waals surface area contributed by atoms with E-state index in [9.17, 15) is 43.2 Å². The van der Waals surface area contributed by atoms with Crippen molar-refractivity contribution < 1.29 is 80.2 Å². The number of carbonyl (C=O) groups is 4. The van der Waals surface area contributed by atoms with E-state index in [2.05, 4.69) is 41.5 Å². The number of hydrogen-bond acceptors (Lipinski definition) is 15. The van der Waals surface area contributed by atoms with Crippen molar-refractivity contribution in [1.29, 1.82) is 0 Å². The summed E-state index contributed by atoms with van der Waals surface area (Å²) in [6, 6.07) is 0. The van der Waals surface area contributed by atoms with Crippen LogP contribution in [-0.4, -0.2) is 96.7 Å². The van der Waals surface area contributed by atoms with E-state index < -0.39 is 97.5 Å². The van der Waals surface area contributed by atoms with Gasteiger partial charge in [-0.25, -0.2) is 9.13 Å². The maximum Gasteiger partial charge on any atom is 0.472 e. The zero-order valence-corrected chi connectivity index (χ0v) is 68.0. The van der Waals surface area contributed by atoms with Crippen molar-refractivity contribution in [2.24, 2.45) is 11.8 Å². The molecule has 0 saturated carbocycles. The van der Waals surface area contributed by atoms with E-state index in [0.29, 0.717) is 25.7 Å². The molecular weight excluding hydrogens is 1320 g/mol. The predicted molar refractivity (Wildman–Crippen MR) is 414 cm³/mol. The normalized spacial score (nSPS) is 13.9. The molecule has 600 valence electrons. The number of phosphoric ester groups is 2. The van der Waals surface area contributed by atoms with E-state index in [1.807, 2.05) is 0 Å². The summed E-state index contributed by atoms with van der Waals surface area (Å²) in [6.45, 7) is 9.65. The zero-order chi connectivity index (χ0) is 74.2. The molecule has 0 heterocycles. The van der Waals surface area contributed by atoms with E-state index >= 15 is 0 Å². The molecule has 0 aliphatic rings. The van der Waals surface area contributed by atoms with Crippen LogP contribution in [0, 0.1) is 11.8 Å². The Hall–Kier alpha value is -1.94. The van der Waals surface area contributed by atoms with Gasteiger partial charge in [0.25, 0.3) is 0 Å². The van der Waals surface area contributed by atoms with Crippen LogP contribution in [0.1, 0.15) is 433 Å². The molecule has 0 aliphatic heterocycles. The smallest absolute Gasteiger partial charge is 0.462 e. The number of ether oxygens (including phenoxy) is 4. The Morgan fingerprint density at radius 1 is 0.267 bits per heavy atom. The summed E-state index contributed by atoms with van der Waals surface area (Å²) in [4.78, 5) is 73.0. The first-order chi connectivity index (χ1) is 48.9. The van der Waals surface area contributed by atoms with Gasteiger partial charge >= 0.3 is 39.5 Å². The van der Waals surface area contributed by atoms with Crippen LogP contribution in [0.3, 0.4) is 0 Å². The molecular formula is C82H160O17P2.